The molecule has 4 heterocycles. The van der Waals surface area contributed by atoms with Gasteiger partial charge in [-0.05, 0) is 143 Å². The van der Waals surface area contributed by atoms with E-state index in [1.54, 1.807) is 0 Å². The number of fused-ring (bicyclic) bond motifs is 10. The van der Waals surface area contributed by atoms with Crippen molar-refractivity contribution in [2.75, 3.05) is 0 Å². The third-order valence-electron chi connectivity index (χ3n) is 16.2. The van der Waals surface area contributed by atoms with E-state index >= 15 is 0 Å². The fourth-order valence-electron chi connectivity index (χ4n) is 12.9. The van der Waals surface area contributed by atoms with Crippen LogP contribution in [0.4, 0.5) is 0 Å². The average Bonchev–Trinajstić information content (AvgIpc) is 3.34. The Labute approximate surface area is 425 Å². The Balaban J connectivity index is 1.02. The monoisotopic (exact) mass is 959 g/mol. The number of hydrogen-bond donors (Lipinski definition) is 0. The summed E-state index contributed by atoms with van der Waals surface area (Å²) < 4.78 is 19.3. The summed E-state index contributed by atoms with van der Waals surface area (Å²) in [6, 6.07) is 41.4. The largest absolute Gasteiger partial charge is 0.455 e. The number of aryl methyl sites for hydroxylation is 4. The molecule has 0 N–H and O–H groups in total. The maximum atomic E-state index is 10.5. The lowest BCUT2D eigenvalue weighted by atomic mass is 9.81. The molecule has 0 saturated heterocycles. The number of nitriles is 1. The van der Waals surface area contributed by atoms with Crippen LogP contribution in [-0.4, -0.2) is 8.07 Å². The first-order valence-electron chi connectivity index (χ1n) is 26.1. The highest BCUT2D eigenvalue weighted by molar-refractivity contribution is 6.90. The van der Waals surface area contributed by atoms with E-state index < -0.39 is 13.5 Å². The van der Waals surface area contributed by atoms with Crippen molar-refractivity contribution in [3.63, 3.8) is 0 Å². The second kappa shape index (κ2) is 16.5. The third-order valence-corrected chi connectivity index (χ3v) is 18.2. The van der Waals surface area contributed by atoms with Gasteiger partial charge in [-0.1, -0.05) is 124 Å². The Morgan fingerprint density at radius 1 is 0.569 bits per heavy atom. The zero-order valence-electron chi connectivity index (χ0n) is 44.1. The molecule has 0 fully saturated rings. The highest BCUT2D eigenvalue weighted by atomic mass is 28.3. The van der Waals surface area contributed by atoms with Crippen LogP contribution in [0.2, 0.25) is 19.6 Å². The lowest BCUT2D eigenvalue weighted by Gasteiger charge is -2.28. The highest BCUT2D eigenvalue weighted by Gasteiger charge is 2.37. The number of pyridine rings is 2. The van der Waals surface area contributed by atoms with Crippen molar-refractivity contribution in [3.05, 3.63) is 149 Å². The fourth-order valence-corrected chi connectivity index (χ4v) is 14.5. The summed E-state index contributed by atoms with van der Waals surface area (Å²) in [6.45, 7) is 23.0. The van der Waals surface area contributed by atoms with E-state index in [1.807, 2.05) is 0 Å². The van der Waals surface area contributed by atoms with Gasteiger partial charge in [0.15, 0.2) is 12.4 Å². The number of ether oxygens (including phenoxy) is 2. The molecule has 1 atom stereocenters. The molecular formula is C66H65N3O2Si+2. The van der Waals surface area contributed by atoms with Crippen LogP contribution in [-0.2, 0) is 39.8 Å². The van der Waals surface area contributed by atoms with Crippen LogP contribution in [0.1, 0.15) is 68.0 Å². The third kappa shape index (κ3) is 7.06. The van der Waals surface area contributed by atoms with Gasteiger partial charge in [-0.2, -0.15) is 5.26 Å². The smallest absolute Gasteiger partial charge is 0.228 e. The maximum Gasteiger partial charge on any atom is 0.228 e. The van der Waals surface area contributed by atoms with Crippen LogP contribution in [0, 0.1) is 42.4 Å². The summed E-state index contributed by atoms with van der Waals surface area (Å²) in [5, 5.41) is 26.8. The second-order valence-electron chi connectivity index (χ2n) is 23.6. The molecule has 2 aliphatic rings. The molecular weight excluding hydrogens is 895 g/mol. The van der Waals surface area contributed by atoms with Crippen molar-refractivity contribution in [3.8, 4) is 51.6 Å². The molecule has 0 spiro atoms. The highest BCUT2D eigenvalue weighted by Crippen LogP contribution is 2.55. The van der Waals surface area contributed by atoms with Gasteiger partial charge in [-0.25, -0.2) is 9.13 Å². The maximum absolute atomic E-state index is 10.5. The summed E-state index contributed by atoms with van der Waals surface area (Å²) in [7, 11) is 2.68. The first-order valence-corrected chi connectivity index (χ1v) is 29.6. The molecule has 0 radical (unpaired) electrons. The average molecular weight is 960 g/mol. The van der Waals surface area contributed by atoms with Gasteiger partial charge in [0.25, 0.3) is 0 Å². The molecule has 10 aromatic rings. The molecule has 2 aromatic heterocycles. The van der Waals surface area contributed by atoms with Crippen molar-refractivity contribution < 1.29 is 18.6 Å². The van der Waals surface area contributed by atoms with Gasteiger partial charge in [0.05, 0.1) is 41.5 Å². The van der Waals surface area contributed by atoms with Gasteiger partial charge < -0.3 is 9.47 Å². The van der Waals surface area contributed by atoms with Crippen molar-refractivity contribution in [1.82, 2.24) is 0 Å². The normalized spacial score (nSPS) is 13.5. The predicted molar refractivity (Wildman–Crippen MR) is 302 cm³/mol. The van der Waals surface area contributed by atoms with Crippen LogP contribution in [0.3, 0.4) is 0 Å². The van der Waals surface area contributed by atoms with Gasteiger partial charge in [-0.3, -0.25) is 0 Å². The first kappa shape index (κ1) is 46.0. The molecule has 0 aliphatic carbocycles. The summed E-state index contributed by atoms with van der Waals surface area (Å²) >= 11 is 0. The molecule has 358 valence electrons. The number of hydrogen-bond acceptors (Lipinski definition) is 3. The molecule has 0 saturated carbocycles. The molecule has 12 rings (SSSR count). The van der Waals surface area contributed by atoms with Crippen LogP contribution < -0.4 is 23.8 Å². The van der Waals surface area contributed by atoms with Gasteiger partial charge in [0.1, 0.15) is 37.1 Å². The van der Waals surface area contributed by atoms with E-state index in [-0.39, 0.29) is 5.92 Å². The standard InChI is InChI=1S/C66H65N3O2Si/c1-37(2)28-53-45-20-15-13-18-43(45)39(4)58-63-61-49(25-27-69(63)9)51-32-41(31-42(35-66(6,7)36-67)50(51)33-55(61)70-64(53)58)29-38(3)30-54-46-21-16-14-19-44(46)40(5)59-62-60-48(24-26-68(62)8)47-22-17-23-57(72(10,11)12)52(47)34-56(60)71-65(54)59/h13-27,31-34,37-38H,28-30,35H2,1-12H3/q+2. The minimum atomic E-state index is -1.69. The van der Waals surface area contributed by atoms with Crippen LogP contribution in [0.15, 0.2) is 116 Å². The SMILES string of the molecule is Cc1c2c(c(CC(C)C)c3ccccc13)Oc1cc3c(CC(C)(C)C#N)cc(CC(C)Cc4c5c(c(C)c6ccccc46)-c4c6c(cc7c([Si](C)(C)C)cccc7c6cc[n+]4C)O5)cc3c3cc[n+](C)c-2c13. The molecule has 0 amide bonds. The van der Waals surface area contributed by atoms with Crippen LogP contribution in [0.25, 0.3) is 87.1 Å². The fraction of sp³-hybridized carbons (Fsp3) is 0.288. The van der Waals surface area contributed by atoms with Gasteiger partial charge in [-0.15, -0.1) is 0 Å². The van der Waals surface area contributed by atoms with Crippen LogP contribution >= 0.6 is 0 Å². The van der Waals surface area contributed by atoms with Crippen molar-refractivity contribution in [2.24, 2.45) is 31.3 Å². The lowest BCUT2D eigenvalue weighted by Crippen LogP contribution is -2.38. The Morgan fingerprint density at radius 3 is 1.62 bits per heavy atom. The molecule has 72 heavy (non-hydrogen) atoms. The van der Waals surface area contributed by atoms with E-state index in [2.05, 4.69) is 213 Å². The number of nitrogens with zero attached hydrogens (tertiary/aromatic N) is 3. The van der Waals surface area contributed by atoms with E-state index in [4.69, 9.17) is 9.47 Å². The van der Waals surface area contributed by atoms with Crippen molar-refractivity contribution in [1.29, 1.82) is 5.26 Å². The number of rotatable bonds is 9. The Morgan fingerprint density at radius 2 is 1.08 bits per heavy atom. The number of benzene rings is 8. The molecule has 8 aromatic carbocycles. The van der Waals surface area contributed by atoms with E-state index in [1.165, 1.54) is 115 Å². The summed E-state index contributed by atoms with van der Waals surface area (Å²) in [4.78, 5) is 0. The quantitative estimate of drug-likeness (QED) is 0.0823. The topological polar surface area (TPSA) is 50.0 Å². The Hall–Kier alpha value is -7.07. The van der Waals surface area contributed by atoms with E-state index in [0.717, 1.165) is 53.0 Å². The van der Waals surface area contributed by atoms with Crippen LogP contribution in [0.5, 0.6) is 23.0 Å². The zero-order chi connectivity index (χ0) is 50.3. The van der Waals surface area contributed by atoms with Gasteiger partial charge >= 0.3 is 0 Å². The van der Waals surface area contributed by atoms with Gasteiger partial charge in [0, 0.05) is 34.0 Å². The van der Waals surface area contributed by atoms with Crippen molar-refractivity contribution >= 4 is 77.9 Å². The summed E-state index contributed by atoms with van der Waals surface area (Å²) in [5.74, 6) is 4.51. The minimum absolute atomic E-state index is 0.252. The zero-order valence-corrected chi connectivity index (χ0v) is 45.1. The van der Waals surface area contributed by atoms with Crippen molar-refractivity contribution in [2.45, 2.75) is 93.8 Å². The molecule has 2 aliphatic heterocycles. The van der Waals surface area contributed by atoms with E-state index in [0.29, 0.717) is 12.3 Å². The lowest BCUT2D eigenvalue weighted by molar-refractivity contribution is -0.659. The minimum Gasteiger partial charge on any atom is -0.455 e. The molecule has 1 unspecified atom stereocenters. The molecule has 0 bridgehead atoms. The molecule has 6 heteroatoms. The molecule has 5 nitrogen and oxygen atoms in total. The number of aromatic nitrogens is 2. The Kier molecular flexibility index (Phi) is 10.5. The summed E-state index contributed by atoms with van der Waals surface area (Å²) in [5.41, 5.74) is 11.7. The predicted octanol–water partition coefficient (Wildman–Crippen LogP) is 15.7. The second-order valence-corrected chi connectivity index (χ2v) is 28.6. The first-order chi connectivity index (χ1) is 34.4. The Bertz CT molecular complexity index is 4060. The van der Waals surface area contributed by atoms with E-state index in [9.17, 15) is 5.26 Å². The van der Waals surface area contributed by atoms with Gasteiger partial charge in [0.2, 0.25) is 11.4 Å². The summed E-state index contributed by atoms with van der Waals surface area (Å²) in [6.07, 6.45) is 7.71.